The lowest BCUT2D eigenvalue weighted by Crippen LogP contribution is -2.10. The fraction of sp³-hybridized carbons (Fsp3) is 0. The lowest BCUT2D eigenvalue weighted by molar-refractivity contribution is 0.167. The molecule has 2 rings (SSSR count). The number of carbonyl (C=O) groups is 1. The maximum Gasteiger partial charge on any atom is 0.437 e. The Balaban J connectivity index is 1.89. The molecule has 0 fully saturated rings. The molecule has 0 spiro atoms. The summed E-state index contributed by atoms with van der Waals surface area (Å²) in [7, 11) is 0. The van der Waals surface area contributed by atoms with Gasteiger partial charge in [0.15, 0.2) is 0 Å². The van der Waals surface area contributed by atoms with Crippen LogP contribution in [0.2, 0.25) is 10.0 Å². The van der Waals surface area contributed by atoms with Crippen LogP contribution in [-0.2, 0) is 4.84 Å². The molecule has 0 aliphatic rings. The number of halogens is 3. The highest BCUT2D eigenvalue weighted by Gasteiger charge is 2.04. The summed E-state index contributed by atoms with van der Waals surface area (Å²) >= 11 is 14.9. The number of hydrogen-bond donors (Lipinski definition) is 1. The van der Waals surface area contributed by atoms with Crippen molar-refractivity contribution in [1.29, 1.82) is 0 Å². The van der Waals surface area contributed by atoms with Crippen LogP contribution in [0.25, 0.3) is 0 Å². The monoisotopic (exact) mass is 386 g/mol. The van der Waals surface area contributed by atoms with E-state index in [1.165, 1.54) is 12.3 Å². The number of nitrogens with one attached hydrogen (secondary N) is 1. The second kappa shape index (κ2) is 7.45. The molecule has 0 heterocycles. The number of benzene rings is 2. The van der Waals surface area contributed by atoms with Gasteiger partial charge in [-0.05, 0) is 35.9 Å². The standard InChI is InChI=1S/C14H9BrCl2N2O2/c15-10-3-1-9(2-4-10)8-18-21-14(20)19-11-5-6-12(16)13(17)7-11/h1-8H,(H,19,20)/b18-8+. The van der Waals surface area contributed by atoms with Crippen LogP contribution < -0.4 is 5.32 Å². The van der Waals surface area contributed by atoms with E-state index in [4.69, 9.17) is 23.2 Å². The summed E-state index contributed by atoms with van der Waals surface area (Å²) in [6.07, 6.45) is 0.711. The minimum Gasteiger partial charge on any atom is -0.298 e. The quantitative estimate of drug-likeness (QED) is 0.439. The molecule has 2 aromatic carbocycles. The highest BCUT2D eigenvalue weighted by atomic mass is 79.9. The van der Waals surface area contributed by atoms with Crippen LogP contribution in [0.3, 0.4) is 0 Å². The van der Waals surface area contributed by atoms with Gasteiger partial charge < -0.3 is 0 Å². The minimum absolute atomic E-state index is 0.341. The van der Waals surface area contributed by atoms with E-state index >= 15 is 0 Å². The summed E-state index contributed by atoms with van der Waals surface area (Å²) in [5.41, 5.74) is 1.27. The van der Waals surface area contributed by atoms with Gasteiger partial charge in [-0.15, -0.1) is 0 Å². The molecular weight excluding hydrogens is 379 g/mol. The largest absolute Gasteiger partial charge is 0.437 e. The predicted octanol–water partition coefficient (Wildman–Crippen LogP) is 5.34. The molecule has 4 nitrogen and oxygen atoms in total. The van der Waals surface area contributed by atoms with Crippen molar-refractivity contribution in [3.8, 4) is 0 Å². The SMILES string of the molecule is O=C(Nc1ccc(Cl)c(Cl)c1)O/N=C/c1ccc(Br)cc1. The lowest BCUT2D eigenvalue weighted by Gasteiger charge is -2.03. The number of anilines is 1. The van der Waals surface area contributed by atoms with Gasteiger partial charge in [-0.25, -0.2) is 4.79 Å². The summed E-state index contributed by atoms with van der Waals surface area (Å²) in [6.45, 7) is 0. The molecule has 1 amide bonds. The van der Waals surface area contributed by atoms with Crippen LogP contribution in [0.1, 0.15) is 5.56 Å². The smallest absolute Gasteiger partial charge is 0.298 e. The van der Waals surface area contributed by atoms with Crippen molar-refractivity contribution in [2.45, 2.75) is 0 Å². The topological polar surface area (TPSA) is 50.7 Å². The van der Waals surface area contributed by atoms with Crippen molar-refractivity contribution in [2.24, 2.45) is 5.16 Å². The molecule has 0 aliphatic carbocycles. The van der Waals surface area contributed by atoms with Gasteiger partial charge >= 0.3 is 6.09 Å². The van der Waals surface area contributed by atoms with Crippen LogP contribution in [0.5, 0.6) is 0 Å². The highest BCUT2D eigenvalue weighted by Crippen LogP contribution is 2.25. The van der Waals surface area contributed by atoms with E-state index in [-0.39, 0.29) is 0 Å². The van der Waals surface area contributed by atoms with E-state index in [2.05, 4.69) is 31.2 Å². The van der Waals surface area contributed by atoms with Gasteiger partial charge in [0.05, 0.1) is 16.3 Å². The first-order chi connectivity index (χ1) is 10.0. The molecule has 0 saturated heterocycles. The Hall–Kier alpha value is -1.56. The Morgan fingerprint density at radius 3 is 2.52 bits per heavy atom. The number of amides is 1. The van der Waals surface area contributed by atoms with E-state index in [0.29, 0.717) is 15.7 Å². The van der Waals surface area contributed by atoms with Crippen LogP contribution >= 0.6 is 39.1 Å². The molecule has 0 atom stereocenters. The molecule has 21 heavy (non-hydrogen) atoms. The van der Waals surface area contributed by atoms with Crippen molar-refractivity contribution in [1.82, 2.24) is 0 Å². The van der Waals surface area contributed by atoms with Crippen molar-refractivity contribution in [2.75, 3.05) is 5.32 Å². The molecule has 0 aromatic heterocycles. The summed E-state index contributed by atoms with van der Waals surface area (Å²) in [5, 5.41) is 6.82. The van der Waals surface area contributed by atoms with Gasteiger partial charge in [0.2, 0.25) is 0 Å². The summed E-state index contributed by atoms with van der Waals surface area (Å²) < 4.78 is 0.956. The van der Waals surface area contributed by atoms with Crippen molar-refractivity contribution < 1.29 is 9.63 Å². The normalized spacial score (nSPS) is 10.6. The Morgan fingerprint density at radius 2 is 1.86 bits per heavy atom. The number of oxime groups is 1. The van der Waals surface area contributed by atoms with Crippen LogP contribution in [-0.4, -0.2) is 12.3 Å². The van der Waals surface area contributed by atoms with Gasteiger partial charge in [0.1, 0.15) is 0 Å². The van der Waals surface area contributed by atoms with E-state index < -0.39 is 6.09 Å². The third-order valence-corrected chi connectivity index (χ3v) is 3.64. The van der Waals surface area contributed by atoms with E-state index in [1.807, 2.05) is 24.3 Å². The second-order valence-electron chi connectivity index (χ2n) is 3.92. The molecule has 0 radical (unpaired) electrons. The van der Waals surface area contributed by atoms with Crippen LogP contribution in [0, 0.1) is 0 Å². The average molecular weight is 388 g/mol. The third-order valence-electron chi connectivity index (χ3n) is 2.37. The zero-order chi connectivity index (χ0) is 15.2. The van der Waals surface area contributed by atoms with Crippen molar-refractivity contribution in [3.63, 3.8) is 0 Å². The number of nitrogens with zero attached hydrogens (tertiary/aromatic N) is 1. The van der Waals surface area contributed by atoms with Gasteiger partial charge in [-0.3, -0.25) is 10.2 Å². The van der Waals surface area contributed by atoms with Gasteiger partial charge in [-0.2, -0.15) is 0 Å². The Morgan fingerprint density at radius 1 is 1.14 bits per heavy atom. The molecule has 0 bridgehead atoms. The maximum atomic E-state index is 11.5. The zero-order valence-electron chi connectivity index (χ0n) is 10.5. The molecular formula is C14H9BrCl2N2O2. The van der Waals surface area contributed by atoms with Crippen LogP contribution in [0.4, 0.5) is 10.5 Å². The lowest BCUT2D eigenvalue weighted by atomic mass is 10.2. The van der Waals surface area contributed by atoms with E-state index in [9.17, 15) is 4.79 Å². The predicted molar refractivity (Wildman–Crippen MR) is 88.3 cm³/mol. The fourth-order valence-electron chi connectivity index (χ4n) is 1.40. The molecule has 2 aromatic rings. The maximum absolute atomic E-state index is 11.5. The second-order valence-corrected chi connectivity index (χ2v) is 5.65. The number of rotatable bonds is 3. The molecule has 108 valence electrons. The zero-order valence-corrected chi connectivity index (χ0v) is 13.6. The first-order valence-corrected chi connectivity index (χ1v) is 7.31. The fourth-order valence-corrected chi connectivity index (χ4v) is 1.96. The van der Waals surface area contributed by atoms with E-state index in [1.54, 1.807) is 12.1 Å². The molecule has 1 N–H and O–H groups in total. The Bertz CT molecular complexity index is 675. The molecule has 0 saturated carbocycles. The number of hydrogen-bond acceptors (Lipinski definition) is 3. The third kappa shape index (κ3) is 5.04. The first-order valence-electron chi connectivity index (χ1n) is 5.76. The summed E-state index contributed by atoms with van der Waals surface area (Å²) in [5.74, 6) is 0. The highest BCUT2D eigenvalue weighted by molar-refractivity contribution is 9.10. The average Bonchev–Trinajstić information content (AvgIpc) is 2.45. The van der Waals surface area contributed by atoms with Gasteiger partial charge in [0, 0.05) is 10.2 Å². The van der Waals surface area contributed by atoms with Crippen LogP contribution in [0.15, 0.2) is 52.1 Å². The number of carbonyl (C=O) groups excluding carboxylic acids is 1. The minimum atomic E-state index is -0.721. The van der Waals surface area contributed by atoms with E-state index in [0.717, 1.165) is 10.0 Å². The summed E-state index contributed by atoms with van der Waals surface area (Å²) in [4.78, 5) is 16.2. The van der Waals surface area contributed by atoms with Crippen molar-refractivity contribution in [3.05, 3.63) is 62.5 Å². The molecule has 0 unspecified atom stereocenters. The first kappa shape index (κ1) is 15.8. The molecule has 0 aliphatic heterocycles. The van der Waals surface area contributed by atoms with Gasteiger partial charge in [0.25, 0.3) is 0 Å². The Kier molecular flexibility index (Phi) is 5.61. The summed E-state index contributed by atoms with van der Waals surface area (Å²) in [6, 6.07) is 12.1. The molecule has 7 heteroatoms. The van der Waals surface area contributed by atoms with Gasteiger partial charge in [-0.1, -0.05) is 56.4 Å². The van der Waals surface area contributed by atoms with Crippen molar-refractivity contribution >= 4 is 57.1 Å². The Labute approximate surface area is 139 Å².